The summed E-state index contributed by atoms with van der Waals surface area (Å²) in [7, 11) is 0. The molecule has 0 fully saturated rings. The van der Waals surface area contributed by atoms with E-state index >= 15 is 0 Å². The van der Waals surface area contributed by atoms with Gasteiger partial charge in [-0.05, 0) is 39.0 Å². The maximum absolute atomic E-state index is 12.1. The number of aliphatic carboxylic acids is 1. The maximum atomic E-state index is 12.1. The Kier molecular flexibility index (Phi) is 11.6. The number of carboxylic acids is 1. The van der Waals surface area contributed by atoms with Crippen LogP contribution >= 0.6 is 0 Å². The summed E-state index contributed by atoms with van der Waals surface area (Å²) in [4.78, 5) is 23.5. The van der Waals surface area contributed by atoms with E-state index in [2.05, 4.69) is 27.7 Å². The Bertz CT molecular complexity index is 341. The van der Waals surface area contributed by atoms with E-state index in [1.54, 1.807) is 0 Å². The standard InChI is InChI=1S/C20H40O4/c1-7-11-13-17(10-4)16-20(18(21)22,15-12-8-2)24-23-19(5,6)14-9-3/h17H,7-16H2,1-6H3,(H,21,22). The molecule has 1 N–H and O–H groups in total. The fraction of sp³-hybridized carbons (Fsp3) is 0.950. The lowest BCUT2D eigenvalue weighted by molar-refractivity contribution is -0.404. The van der Waals surface area contributed by atoms with Crippen LogP contribution in [0.25, 0.3) is 0 Å². The van der Waals surface area contributed by atoms with E-state index in [1.807, 2.05) is 13.8 Å². The van der Waals surface area contributed by atoms with Gasteiger partial charge in [-0.15, -0.1) is 0 Å². The third kappa shape index (κ3) is 8.48. The Balaban J connectivity index is 5.19. The maximum Gasteiger partial charge on any atom is 0.339 e. The summed E-state index contributed by atoms with van der Waals surface area (Å²) in [5.41, 5.74) is -1.69. The van der Waals surface area contributed by atoms with E-state index < -0.39 is 17.2 Å². The molecule has 0 amide bonds. The molecule has 2 atom stereocenters. The van der Waals surface area contributed by atoms with Crippen molar-refractivity contribution in [3.8, 4) is 0 Å². The van der Waals surface area contributed by atoms with Gasteiger partial charge in [0.1, 0.15) is 0 Å². The second-order valence-corrected chi connectivity index (χ2v) is 7.70. The van der Waals surface area contributed by atoms with E-state index in [1.165, 1.54) is 0 Å². The van der Waals surface area contributed by atoms with Crippen LogP contribution in [0.2, 0.25) is 0 Å². The van der Waals surface area contributed by atoms with Gasteiger partial charge < -0.3 is 5.11 Å². The average Bonchev–Trinajstić information content (AvgIpc) is 2.53. The second-order valence-electron chi connectivity index (χ2n) is 7.70. The Hall–Kier alpha value is -0.610. The van der Waals surface area contributed by atoms with Crippen molar-refractivity contribution in [2.24, 2.45) is 5.92 Å². The second kappa shape index (κ2) is 11.9. The van der Waals surface area contributed by atoms with Crippen LogP contribution in [0, 0.1) is 5.92 Å². The van der Waals surface area contributed by atoms with E-state index in [4.69, 9.17) is 9.78 Å². The fourth-order valence-corrected chi connectivity index (χ4v) is 3.12. The van der Waals surface area contributed by atoms with Crippen molar-refractivity contribution in [3.63, 3.8) is 0 Å². The first-order valence-electron chi connectivity index (χ1n) is 9.87. The summed E-state index contributed by atoms with van der Waals surface area (Å²) in [6, 6.07) is 0. The van der Waals surface area contributed by atoms with E-state index in [0.29, 0.717) is 18.8 Å². The lowest BCUT2D eigenvalue weighted by Gasteiger charge is -2.35. The minimum absolute atomic E-state index is 0.357. The molecule has 0 heterocycles. The van der Waals surface area contributed by atoms with Crippen molar-refractivity contribution in [3.05, 3.63) is 0 Å². The number of rotatable bonds is 15. The molecule has 0 radical (unpaired) electrons. The Morgan fingerprint density at radius 3 is 2.04 bits per heavy atom. The Morgan fingerprint density at radius 1 is 0.958 bits per heavy atom. The van der Waals surface area contributed by atoms with Gasteiger partial charge in [0.05, 0.1) is 5.60 Å². The molecular formula is C20H40O4. The van der Waals surface area contributed by atoms with Gasteiger partial charge >= 0.3 is 5.97 Å². The molecule has 0 aromatic heterocycles. The van der Waals surface area contributed by atoms with Crippen LogP contribution in [0.15, 0.2) is 0 Å². The molecule has 4 nitrogen and oxygen atoms in total. The molecule has 0 aliphatic rings. The number of unbranched alkanes of at least 4 members (excludes halogenated alkanes) is 2. The number of carboxylic acid groups (broad SMARTS) is 1. The molecule has 24 heavy (non-hydrogen) atoms. The lowest BCUT2D eigenvalue weighted by atomic mass is 9.83. The van der Waals surface area contributed by atoms with Gasteiger partial charge in [-0.25, -0.2) is 14.6 Å². The van der Waals surface area contributed by atoms with Crippen LogP contribution in [-0.4, -0.2) is 22.3 Å². The zero-order chi connectivity index (χ0) is 18.6. The third-order valence-electron chi connectivity index (χ3n) is 4.76. The lowest BCUT2D eigenvalue weighted by Crippen LogP contribution is -2.45. The van der Waals surface area contributed by atoms with Gasteiger partial charge in [0.25, 0.3) is 0 Å². The van der Waals surface area contributed by atoms with Crippen LogP contribution in [0.5, 0.6) is 0 Å². The predicted molar refractivity (Wildman–Crippen MR) is 99.0 cm³/mol. The Morgan fingerprint density at radius 2 is 1.58 bits per heavy atom. The fourth-order valence-electron chi connectivity index (χ4n) is 3.12. The first-order chi connectivity index (χ1) is 11.3. The van der Waals surface area contributed by atoms with Crippen LogP contribution in [-0.2, 0) is 14.6 Å². The van der Waals surface area contributed by atoms with Crippen LogP contribution in [0.4, 0.5) is 0 Å². The number of hydrogen-bond donors (Lipinski definition) is 1. The molecule has 0 aromatic rings. The summed E-state index contributed by atoms with van der Waals surface area (Å²) < 4.78 is 0. The van der Waals surface area contributed by atoms with Crippen molar-refractivity contribution in [1.82, 2.24) is 0 Å². The monoisotopic (exact) mass is 344 g/mol. The topological polar surface area (TPSA) is 55.8 Å². The van der Waals surface area contributed by atoms with Gasteiger partial charge in [-0.2, -0.15) is 0 Å². The largest absolute Gasteiger partial charge is 0.479 e. The normalized spacial score (nSPS) is 15.9. The molecule has 2 unspecified atom stereocenters. The highest BCUT2D eigenvalue weighted by atomic mass is 17.2. The first-order valence-corrected chi connectivity index (χ1v) is 9.87. The van der Waals surface area contributed by atoms with Crippen LogP contribution < -0.4 is 0 Å². The molecule has 0 spiro atoms. The molecular weight excluding hydrogens is 304 g/mol. The summed E-state index contributed by atoms with van der Waals surface area (Å²) in [6.07, 6.45) is 8.90. The average molecular weight is 345 g/mol. The molecule has 0 saturated carbocycles. The zero-order valence-electron chi connectivity index (χ0n) is 16.8. The molecule has 144 valence electrons. The van der Waals surface area contributed by atoms with E-state index in [9.17, 15) is 9.90 Å². The van der Waals surface area contributed by atoms with Crippen molar-refractivity contribution in [2.75, 3.05) is 0 Å². The molecule has 0 bridgehead atoms. The third-order valence-corrected chi connectivity index (χ3v) is 4.76. The highest BCUT2D eigenvalue weighted by Crippen LogP contribution is 2.34. The minimum Gasteiger partial charge on any atom is -0.479 e. The molecule has 0 rings (SSSR count). The van der Waals surface area contributed by atoms with Gasteiger partial charge in [0.15, 0.2) is 5.60 Å². The molecule has 0 aliphatic carbocycles. The number of carbonyl (C=O) groups is 1. The van der Waals surface area contributed by atoms with Crippen LogP contribution in [0.1, 0.15) is 106 Å². The van der Waals surface area contributed by atoms with E-state index in [0.717, 1.165) is 51.4 Å². The summed E-state index contributed by atoms with van der Waals surface area (Å²) >= 11 is 0. The predicted octanol–water partition coefficient (Wildman–Crippen LogP) is 6.13. The van der Waals surface area contributed by atoms with E-state index in [-0.39, 0.29) is 0 Å². The first kappa shape index (κ1) is 23.4. The molecule has 0 aliphatic heterocycles. The van der Waals surface area contributed by atoms with Crippen LogP contribution in [0.3, 0.4) is 0 Å². The van der Waals surface area contributed by atoms with Gasteiger partial charge in [-0.3, -0.25) is 0 Å². The van der Waals surface area contributed by atoms with Crippen molar-refractivity contribution < 1.29 is 19.7 Å². The highest BCUT2D eigenvalue weighted by Gasteiger charge is 2.43. The quantitative estimate of drug-likeness (QED) is 0.286. The highest BCUT2D eigenvalue weighted by molar-refractivity contribution is 5.77. The molecule has 0 saturated heterocycles. The van der Waals surface area contributed by atoms with Gasteiger partial charge in [0, 0.05) is 0 Å². The smallest absolute Gasteiger partial charge is 0.339 e. The van der Waals surface area contributed by atoms with Gasteiger partial charge in [-0.1, -0.05) is 72.6 Å². The minimum atomic E-state index is -1.23. The van der Waals surface area contributed by atoms with Crippen molar-refractivity contribution in [1.29, 1.82) is 0 Å². The molecule has 0 aromatic carbocycles. The number of hydrogen-bond acceptors (Lipinski definition) is 3. The summed E-state index contributed by atoms with van der Waals surface area (Å²) in [5.74, 6) is -0.533. The summed E-state index contributed by atoms with van der Waals surface area (Å²) in [6.45, 7) is 12.4. The summed E-state index contributed by atoms with van der Waals surface area (Å²) in [5, 5.41) is 9.94. The zero-order valence-corrected chi connectivity index (χ0v) is 16.8. The van der Waals surface area contributed by atoms with Crippen molar-refractivity contribution in [2.45, 2.75) is 117 Å². The molecule has 4 heteroatoms. The SMILES string of the molecule is CCCCC(CC)CC(CCCC)(OOC(C)(C)CCC)C(=O)O. The van der Waals surface area contributed by atoms with Crippen molar-refractivity contribution >= 4 is 5.97 Å². The Labute approximate surface area is 149 Å². The van der Waals surface area contributed by atoms with Gasteiger partial charge in [0.2, 0.25) is 0 Å².